The van der Waals surface area contributed by atoms with E-state index in [0.717, 1.165) is 12.8 Å². The van der Waals surface area contributed by atoms with Gasteiger partial charge in [0.1, 0.15) is 5.78 Å². The van der Waals surface area contributed by atoms with Crippen molar-refractivity contribution < 1.29 is 9.59 Å². The summed E-state index contributed by atoms with van der Waals surface area (Å²) < 4.78 is 0. The Morgan fingerprint density at radius 1 is 1.12 bits per heavy atom. The van der Waals surface area contributed by atoms with Gasteiger partial charge in [0.2, 0.25) is 0 Å². The monoisotopic (exact) mass is 226 g/mol. The molecule has 0 spiro atoms. The number of ketones is 1. The molecule has 1 saturated carbocycles. The van der Waals surface area contributed by atoms with Crippen LogP contribution in [0.4, 0.5) is 4.79 Å². The highest BCUT2D eigenvalue weighted by Gasteiger charge is 2.14. The Balaban J connectivity index is 2.14. The third-order valence-corrected chi connectivity index (χ3v) is 2.95. The van der Waals surface area contributed by atoms with Crippen molar-refractivity contribution in [2.24, 2.45) is 0 Å². The van der Waals surface area contributed by atoms with Crippen molar-refractivity contribution in [3.8, 4) is 0 Å². The molecule has 1 rings (SSSR count). The van der Waals surface area contributed by atoms with Gasteiger partial charge < -0.3 is 10.6 Å². The lowest BCUT2D eigenvalue weighted by atomic mass is 10.1. The summed E-state index contributed by atoms with van der Waals surface area (Å²) in [5.74, 6) is 0.106. The molecule has 92 valence electrons. The Labute approximate surface area is 97.2 Å². The topological polar surface area (TPSA) is 58.2 Å². The molecule has 4 heteroatoms. The quantitative estimate of drug-likeness (QED) is 0.720. The first kappa shape index (κ1) is 13.0. The molecule has 2 amide bonds. The van der Waals surface area contributed by atoms with Crippen LogP contribution >= 0.6 is 0 Å². The fraction of sp³-hybridized carbons (Fsp3) is 0.833. The van der Waals surface area contributed by atoms with E-state index in [1.165, 1.54) is 32.6 Å². The van der Waals surface area contributed by atoms with Crippen molar-refractivity contribution in [3.63, 3.8) is 0 Å². The zero-order chi connectivity index (χ0) is 11.8. The molecule has 0 bridgehead atoms. The number of hydrogen-bond acceptors (Lipinski definition) is 2. The average molecular weight is 226 g/mol. The molecule has 4 nitrogen and oxygen atoms in total. The second-order valence-corrected chi connectivity index (χ2v) is 4.54. The summed E-state index contributed by atoms with van der Waals surface area (Å²) in [6, 6.07) is 0.188. The lowest BCUT2D eigenvalue weighted by Gasteiger charge is -2.16. The van der Waals surface area contributed by atoms with Crippen molar-refractivity contribution in [2.75, 3.05) is 6.54 Å². The van der Waals surface area contributed by atoms with E-state index in [4.69, 9.17) is 0 Å². The molecule has 0 radical (unpaired) electrons. The molecule has 0 heterocycles. The van der Waals surface area contributed by atoms with Gasteiger partial charge in [-0.3, -0.25) is 4.79 Å². The predicted octanol–water partition coefficient (Wildman–Crippen LogP) is 1.99. The normalized spacial score (nSPS) is 17.6. The van der Waals surface area contributed by atoms with Crippen molar-refractivity contribution in [1.82, 2.24) is 10.6 Å². The van der Waals surface area contributed by atoms with E-state index in [0.29, 0.717) is 19.0 Å². The third kappa shape index (κ3) is 5.73. The van der Waals surface area contributed by atoms with Crippen LogP contribution in [0.5, 0.6) is 0 Å². The standard InChI is InChI=1S/C12H22N2O2/c1-10(15)8-9-13-12(16)14-11-6-4-2-3-5-7-11/h11H,2-9H2,1H3,(H2,13,14,16). The second kappa shape index (κ2) is 7.25. The molecule has 1 aliphatic rings. The molecule has 0 unspecified atom stereocenters. The molecule has 0 aromatic rings. The molecule has 0 aromatic carbocycles. The van der Waals surface area contributed by atoms with Crippen LogP contribution in [0.25, 0.3) is 0 Å². The minimum atomic E-state index is -0.131. The van der Waals surface area contributed by atoms with E-state index in [2.05, 4.69) is 10.6 Å². The van der Waals surface area contributed by atoms with Crippen molar-refractivity contribution >= 4 is 11.8 Å². The number of carbonyl (C=O) groups is 2. The fourth-order valence-corrected chi connectivity index (χ4v) is 2.01. The molecule has 1 aliphatic carbocycles. The zero-order valence-corrected chi connectivity index (χ0v) is 10.1. The van der Waals surface area contributed by atoms with Crippen molar-refractivity contribution in [2.45, 2.75) is 57.9 Å². The Bertz CT molecular complexity index is 233. The minimum Gasteiger partial charge on any atom is -0.338 e. The summed E-state index contributed by atoms with van der Waals surface area (Å²) in [6.45, 7) is 1.97. The molecular weight excluding hydrogens is 204 g/mol. The van der Waals surface area contributed by atoms with E-state index >= 15 is 0 Å². The Morgan fingerprint density at radius 2 is 1.75 bits per heavy atom. The first-order valence-corrected chi connectivity index (χ1v) is 6.22. The van der Waals surface area contributed by atoms with Crippen molar-refractivity contribution in [1.29, 1.82) is 0 Å². The van der Waals surface area contributed by atoms with Gasteiger partial charge in [-0.1, -0.05) is 25.7 Å². The molecule has 16 heavy (non-hydrogen) atoms. The maximum absolute atomic E-state index is 11.5. The van der Waals surface area contributed by atoms with Crippen molar-refractivity contribution in [3.05, 3.63) is 0 Å². The highest BCUT2D eigenvalue weighted by Crippen LogP contribution is 2.16. The molecule has 0 aliphatic heterocycles. The van der Waals surface area contributed by atoms with E-state index < -0.39 is 0 Å². The first-order valence-electron chi connectivity index (χ1n) is 6.22. The van der Waals surface area contributed by atoms with Gasteiger partial charge in [0.25, 0.3) is 0 Å². The van der Waals surface area contributed by atoms with Crippen LogP contribution in [-0.2, 0) is 4.79 Å². The van der Waals surface area contributed by atoms with Crippen LogP contribution in [0.2, 0.25) is 0 Å². The van der Waals surface area contributed by atoms with E-state index in [9.17, 15) is 9.59 Å². The summed E-state index contributed by atoms with van der Waals surface area (Å²) >= 11 is 0. The van der Waals surface area contributed by atoms with Crippen LogP contribution < -0.4 is 10.6 Å². The molecule has 0 atom stereocenters. The van der Waals surface area contributed by atoms with Crippen LogP contribution in [0, 0.1) is 0 Å². The number of Topliss-reactive ketones (excluding diaryl/α,β-unsaturated/α-hetero) is 1. The SMILES string of the molecule is CC(=O)CCNC(=O)NC1CCCCCC1. The van der Waals surface area contributed by atoms with Crippen LogP contribution in [-0.4, -0.2) is 24.4 Å². The Morgan fingerprint density at radius 3 is 2.31 bits per heavy atom. The molecule has 0 aromatic heterocycles. The van der Waals surface area contributed by atoms with Gasteiger partial charge in [-0.15, -0.1) is 0 Å². The van der Waals surface area contributed by atoms with E-state index in [-0.39, 0.29) is 11.8 Å². The maximum Gasteiger partial charge on any atom is 0.315 e. The zero-order valence-electron chi connectivity index (χ0n) is 10.1. The van der Waals surface area contributed by atoms with Gasteiger partial charge >= 0.3 is 6.03 Å². The van der Waals surface area contributed by atoms with E-state index in [1.807, 2.05) is 0 Å². The van der Waals surface area contributed by atoms with Gasteiger partial charge in [-0.25, -0.2) is 4.79 Å². The average Bonchev–Trinajstić information content (AvgIpc) is 2.45. The molecular formula is C12H22N2O2. The van der Waals surface area contributed by atoms with Crippen LogP contribution in [0.1, 0.15) is 51.9 Å². The minimum absolute atomic E-state index is 0.106. The number of rotatable bonds is 4. The Hall–Kier alpha value is -1.06. The molecule has 0 saturated heterocycles. The number of amides is 2. The van der Waals surface area contributed by atoms with E-state index in [1.54, 1.807) is 0 Å². The summed E-state index contributed by atoms with van der Waals surface area (Å²) in [7, 11) is 0. The Kier molecular flexibility index (Phi) is 5.90. The van der Waals surface area contributed by atoms with Gasteiger partial charge in [0.05, 0.1) is 0 Å². The van der Waals surface area contributed by atoms with Gasteiger partial charge in [-0.05, 0) is 19.8 Å². The summed E-state index contributed by atoms with van der Waals surface area (Å²) in [5, 5.41) is 5.68. The molecule has 1 fully saturated rings. The lowest BCUT2D eigenvalue weighted by molar-refractivity contribution is -0.116. The first-order chi connectivity index (χ1) is 7.68. The summed E-state index contributed by atoms with van der Waals surface area (Å²) in [6.07, 6.45) is 7.56. The summed E-state index contributed by atoms with van der Waals surface area (Å²) in [5.41, 5.74) is 0. The van der Waals surface area contributed by atoms with Gasteiger partial charge in [0, 0.05) is 19.0 Å². The maximum atomic E-state index is 11.5. The number of carbonyl (C=O) groups excluding carboxylic acids is 2. The lowest BCUT2D eigenvalue weighted by Crippen LogP contribution is -2.42. The third-order valence-electron chi connectivity index (χ3n) is 2.95. The number of urea groups is 1. The van der Waals surface area contributed by atoms with Crippen LogP contribution in [0.3, 0.4) is 0 Å². The fourth-order valence-electron chi connectivity index (χ4n) is 2.01. The molecule has 2 N–H and O–H groups in total. The smallest absolute Gasteiger partial charge is 0.315 e. The second-order valence-electron chi connectivity index (χ2n) is 4.54. The number of hydrogen-bond donors (Lipinski definition) is 2. The highest BCUT2D eigenvalue weighted by molar-refractivity contribution is 5.77. The largest absolute Gasteiger partial charge is 0.338 e. The predicted molar refractivity (Wildman–Crippen MR) is 63.3 cm³/mol. The summed E-state index contributed by atoms with van der Waals surface area (Å²) in [4.78, 5) is 22.2. The number of nitrogens with one attached hydrogen (secondary N) is 2. The van der Waals surface area contributed by atoms with Gasteiger partial charge in [-0.2, -0.15) is 0 Å². The highest BCUT2D eigenvalue weighted by atomic mass is 16.2. The van der Waals surface area contributed by atoms with Gasteiger partial charge in [0.15, 0.2) is 0 Å². The van der Waals surface area contributed by atoms with Crippen LogP contribution in [0.15, 0.2) is 0 Å².